The molecule has 100 valence electrons. The molecule has 0 radical (unpaired) electrons. The third kappa shape index (κ3) is 3.74. The molecule has 0 saturated heterocycles. The van der Waals surface area contributed by atoms with Gasteiger partial charge in [-0.25, -0.2) is 4.79 Å². The second-order valence-electron chi connectivity index (χ2n) is 4.57. The summed E-state index contributed by atoms with van der Waals surface area (Å²) in [5, 5.41) is 2.90. The third-order valence-corrected chi connectivity index (χ3v) is 2.71. The SMILES string of the molecule is CCCNC(=O)N(c1ccc(CN)cc1)C(C)C. The molecule has 0 aromatic heterocycles. The van der Waals surface area contributed by atoms with E-state index in [1.54, 1.807) is 4.90 Å². The minimum atomic E-state index is -0.0488. The molecule has 0 aliphatic heterocycles. The summed E-state index contributed by atoms with van der Waals surface area (Å²) in [6.07, 6.45) is 0.934. The van der Waals surface area contributed by atoms with Gasteiger partial charge < -0.3 is 11.1 Å². The highest BCUT2D eigenvalue weighted by Crippen LogP contribution is 2.18. The maximum Gasteiger partial charge on any atom is 0.322 e. The van der Waals surface area contributed by atoms with Crippen LogP contribution < -0.4 is 16.0 Å². The quantitative estimate of drug-likeness (QED) is 0.842. The first-order valence-corrected chi connectivity index (χ1v) is 6.46. The van der Waals surface area contributed by atoms with Crippen molar-refractivity contribution in [3.05, 3.63) is 29.8 Å². The number of benzene rings is 1. The standard InChI is InChI=1S/C14H23N3O/c1-4-9-16-14(18)17(11(2)3)13-7-5-12(10-15)6-8-13/h5-8,11H,4,9-10,15H2,1-3H3,(H,16,18). The average molecular weight is 249 g/mol. The van der Waals surface area contributed by atoms with Crippen LogP contribution in [0.4, 0.5) is 10.5 Å². The molecule has 4 nitrogen and oxygen atoms in total. The van der Waals surface area contributed by atoms with Crippen LogP contribution >= 0.6 is 0 Å². The Morgan fingerprint density at radius 2 is 1.94 bits per heavy atom. The highest BCUT2D eigenvalue weighted by atomic mass is 16.2. The minimum Gasteiger partial charge on any atom is -0.338 e. The van der Waals surface area contributed by atoms with Crippen LogP contribution in [0.1, 0.15) is 32.8 Å². The van der Waals surface area contributed by atoms with Crippen molar-refractivity contribution in [2.45, 2.75) is 39.8 Å². The van der Waals surface area contributed by atoms with Crippen LogP contribution in [0.25, 0.3) is 0 Å². The molecular weight excluding hydrogens is 226 g/mol. The number of carbonyl (C=O) groups is 1. The Morgan fingerprint density at radius 1 is 1.33 bits per heavy atom. The van der Waals surface area contributed by atoms with E-state index in [4.69, 9.17) is 5.73 Å². The van der Waals surface area contributed by atoms with E-state index in [0.717, 1.165) is 17.7 Å². The summed E-state index contributed by atoms with van der Waals surface area (Å²) in [6.45, 7) is 7.26. The Kier molecular flexibility index (Phi) is 5.65. The summed E-state index contributed by atoms with van der Waals surface area (Å²) in [5.41, 5.74) is 7.53. The van der Waals surface area contributed by atoms with Crippen molar-refractivity contribution in [2.75, 3.05) is 11.4 Å². The normalized spacial score (nSPS) is 10.5. The summed E-state index contributed by atoms with van der Waals surface area (Å²) < 4.78 is 0. The number of nitrogens with one attached hydrogen (secondary N) is 1. The lowest BCUT2D eigenvalue weighted by Crippen LogP contribution is -2.44. The molecule has 0 saturated carbocycles. The van der Waals surface area contributed by atoms with Crippen molar-refractivity contribution >= 4 is 11.7 Å². The van der Waals surface area contributed by atoms with Gasteiger partial charge in [0.2, 0.25) is 0 Å². The zero-order valence-electron chi connectivity index (χ0n) is 11.4. The van der Waals surface area contributed by atoms with Crippen molar-refractivity contribution in [3.63, 3.8) is 0 Å². The number of hydrogen-bond acceptors (Lipinski definition) is 2. The van der Waals surface area contributed by atoms with E-state index in [1.807, 2.05) is 45.0 Å². The minimum absolute atomic E-state index is 0.0488. The van der Waals surface area contributed by atoms with Gasteiger partial charge in [-0.1, -0.05) is 19.1 Å². The molecule has 0 spiro atoms. The molecule has 0 fully saturated rings. The molecule has 1 aromatic carbocycles. The molecule has 1 rings (SSSR count). The van der Waals surface area contributed by atoms with E-state index in [2.05, 4.69) is 5.32 Å². The van der Waals surface area contributed by atoms with Gasteiger partial charge >= 0.3 is 6.03 Å². The Balaban J connectivity index is 2.86. The van der Waals surface area contributed by atoms with E-state index in [9.17, 15) is 4.79 Å². The maximum atomic E-state index is 12.1. The zero-order chi connectivity index (χ0) is 13.5. The average Bonchev–Trinajstić information content (AvgIpc) is 2.37. The van der Waals surface area contributed by atoms with Gasteiger partial charge in [0.1, 0.15) is 0 Å². The lowest BCUT2D eigenvalue weighted by molar-refractivity contribution is 0.245. The van der Waals surface area contributed by atoms with Crippen LogP contribution in [-0.2, 0) is 6.54 Å². The van der Waals surface area contributed by atoms with Gasteiger partial charge in [0.05, 0.1) is 0 Å². The van der Waals surface area contributed by atoms with E-state index in [1.165, 1.54) is 0 Å². The number of nitrogens with two attached hydrogens (primary N) is 1. The third-order valence-electron chi connectivity index (χ3n) is 2.71. The lowest BCUT2D eigenvalue weighted by Gasteiger charge is -2.27. The smallest absolute Gasteiger partial charge is 0.322 e. The van der Waals surface area contributed by atoms with Crippen molar-refractivity contribution in [1.29, 1.82) is 0 Å². The van der Waals surface area contributed by atoms with E-state index < -0.39 is 0 Å². The summed E-state index contributed by atoms with van der Waals surface area (Å²) in [7, 11) is 0. The molecule has 0 unspecified atom stereocenters. The Hall–Kier alpha value is -1.55. The molecule has 0 aliphatic rings. The van der Waals surface area contributed by atoms with Crippen molar-refractivity contribution in [2.24, 2.45) is 5.73 Å². The second-order valence-corrected chi connectivity index (χ2v) is 4.57. The van der Waals surface area contributed by atoms with Gasteiger partial charge in [0.15, 0.2) is 0 Å². The summed E-state index contributed by atoms with van der Waals surface area (Å²) in [6, 6.07) is 7.86. The Labute approximate surface area is 109 Å². The number of rotatable bonds is 5. The largest absolute Gasteiger partial charge is 0.338 e. The molecule has 1 aromatic rings. The van der Waals surface area contributed by atoms with Gasteiger partial charge in [-0.15, -0.1) is 0 Å². The number of amides is 2. The predicted molar refractivity (Wildman–Crippen MR) is 75.6 cm³/mol. The van der Waals surface area contributed by atoms with Gasteiger partial charge in [0, 0.05) is 24.8 Å². The van der Waals surface area contributed by atoms with Crippen LogP contribution in [0, 0.1) is 0 Å². The number of carbonyl (C=O) groups excluding carboxylic acids is 1. The lowest BCUT2D eigenvalue weighted by atomic mass is 10.2. The van der Waals surface area contributed by atoms with Gasteiger partial charge in [0.25, 0.3) is 0 Å². The second kappa shape index (κ2) is 7.01. The first-order chi connectivity index (χ1) is 8.60. The molecule has 0 bridgehead atoms. The van der Waals surface area contributed by atoms with Crippen LogP contribution in [0.2, 0.25) is 0 Å². The molecule has 0 atom stereocenters. The van der Waals surface area contributed by atoms with Crippen LogP contribution in [0.15, 0.2) is 24.3 Å². The molecular formula is C14H23N3O. The highest BCUT2D eigenvalue weighted by Gasteiger charge is 2.18. The van der Waals surface area contributed by atoms with Crippen molar-refractivity contribution < 1.29 is 4.79 Å². The first kappa shape index (κ1) is 14.5. The fraction of sp³-hybridized carbons (Fsp3) is 0.500. The molecule has 4 heteroatoms. The number of nitrogens with zero attached hydrogens (tertiary/aromatic N) is 1. The molecule has 3 N–H and O–H groups in total. The predicted octanol–water partition coefficient (Wildman–Crippen LogP) is 2.48. The highest BCUT2D eigenvalue weighted by molar-refractivity contribution is 5.92. The molecule has 2 amide bonds. The van der Waals surface area contributed by atoms with Gasteiger partial charge in [-0.3, -0.25) is 4.90 Å². The summed E-state index contributed by atoms with van der Waals surface area (Å²) in [5.74, 6) is 0. The topological polar surface area (TPSA) is 58.4 Å². The Morgan fingerprint density at radius 3 is 2.39 bits per heavy atom. The fourth-order valence-electron chi connectivity index (χ4n) is 1.76. The van der Waals surface area contributed by atoms with Gasteiger partial charge in [-0.05, 0) is 38.0 Å². The number of hydrogen-bond donors (Lipinski definition) is 2. The molecule has 0 heterocycles. The Bertz CT molecular complexity index is 373. The molecule has 18 heavy (non-hydrogen) atoms. The van der Waals surface area contributed by atoms with Crippen LogP contribution in [-0.4, -0.2) is 18.6 Å². The monoisotopic (exact) mass is 249 g/mol. The maximum absolute atomic E-state index is 12.1. The van der Waals surface area contributed by atoms with Crippen molar-refractivity contribution in [1.82, 2.24) is 5.32 Å². The fourth-order valence-corrected chi connectivity index (χ4v) is 1.76. The first-order valence-electron chi connectivity index (χ1n) is 6.46. The van der Waals surface area contributed by atoms with Crippen LogP contribution in [0.5, 0.6) is 0 Å². The van der Waals surface area contributed by atoms with Crippen molar-refractivity contribution in [3.8, 4) is 0 Å². The van der Waals surface area contributed by atoms with Gasteiger partial charge in [-0.2, -0.15) is 0 Å². The van der Waals surface area contributed by atoms with Crippen LogP contribution in [0.3, 0.4) is 0 Å². The van der Waals surface area contributed by atoms with E-state index >= 15 is 0 Å². The van der Waals surface area contributed by atoms with E-state index in [0.29, 0.717) is 13.1 Å². The summed E-state index contributed by atoms with van der Waals surface area (Å²) in [4.78, 5) is 13.8. The molecule has 0 aliphatic carbocycles. The van der Waals surface area contributed by atoms with E-state index in [-0.39, 0.29) is 12.1 Å². The number of anilines is 1. The number of urea groups is 1. The summed E-state index contributed by atoms with van der Waals surface area (Å²) >= 11 is 0. The zero-order valence-corrected chi connectivity index (χ0v) is 11.4.